The van der Waals surface area contributed by atoms with Crippen LogP contribution in [0.4, 0.5) is 0 Å². The Morgan fingerprint density at radius 3 is 2.31 bits per heavy atom. The number of carbonyl (C=O) groups is 1. The molecule has 2 fully saturated rings. The largest absolute Gasteiger partial charge is 0.394 e. The van der Waals surface area contributed by atoms with Crippen molar-refractivity contribution in [2.75, 3.05) is 32.8 Å². The average molecular weight is 400 g/mol. The van der Waals surface area contributed by atoms with E-state index in [-0.39, 0.29) is 18.4 Å². The molecular formula is C24H37N3O2. The van der Waals surface area contributed by atoms with Gasteiger partial charge in [-0.15, -0.1) is 0 Å². The Kier molecular flexibility index (Phi) is 6.28. The number of nitrogens with zero attached hydrogens (tertiary/aromatic N) is 2. The highest BCUT2D eigenvalue weighted by Gasteiger charge is 2.35. The zero-order valence-corrected chi connectivity index (χ0v) is 18.1. The summed E-state index contributed by atoms with van der Waals surface area (Å²) in [4.78, 5) is 18.0. The topological polar surface area (TPSA) is 55.8 Å². The van der Waals surface area contributed by atoms with Crippen LogP contribution in [0.3, 0.4) is 0 Å². The number of hydrogen-bond acceptors (Lipinski definition) is 4. The maximum absolute atomic E-state index is 12.7. The number of aliphatic hydroxyl groups is 1. The number of carbonyl (C=O) groups excluding carboxylic acids is 1. The molecule has 5 heteroatoms. The molecule has 0 spiro atoms. The second kappa shape index (κ2) is 8.75. The van der Waals surface area contributed by atoms with E-state index in [1.165, 1.54) is 49.9 Å². The molecule has 2 aliphatic heterocycles. The van der Waals surface area contributed by atoms with Gasteiger partial charge in [0.25, 0.3) is 0 Å². The summed E-state index contributed by atoms with van der Waals surface area (Å²) in [5.41, 5.74) is 2.54. The maximum atomic E-state index is 12.7. The summed E-state index contributed by atoms with van der Waals surface area (Å²) in [5, 5.41) is 12.5. The van der Waals surface area contributed by atoms with Crippen molar-refractivity contribution < 1.29 is 9.90 Å². The Bertz CT molecular complexity index is 687. The molecule has 3 aliphatic rings. The molecule has 1 aromatic carbocycles. The van der Waals surface area contributed by atoms with Gasteiger partial charge in [-0.3, -0.25) is 14.6 Å². The Balaban J connectivity index is 1.27. The molecule has 2 heterocycles. The van der Waals surface area contributed by atoms with Crippen LogP contribution in [0, 0.1) is 5.92 Å². The number of rotatable bonds is 5. The summed E-state index contributed by atoms with van der Waals surface area (Å²) in [7, 11) is 0. The number of amides is 1. The van der Waals surface area contributed by atoms with Crippen molar-refractivity contribution in [2.24, 2.45) is 5.92 Å². The monoisotopic (exact) mass is 399 g/mol. The highest BCUT2D eigenvalue weighted by molar-refractivity contribution is 5.79. The first-order chi connectivity index (χ1) is 13.9. The first-order valence-corrected chi connectivity index (χ1v) is 11.4. The van der Waals surface area contributed by atoms with E-state index in [1.807, 2.05) is 13.8 Å². The van der Waals surface area contributed by atoms with Crippen molar-refractivity contribution in [1.82, 2.24) is 15.1 Å². The molecule has 1 aliphatic carbocycles. The Hall–Kier alpha value is -1.43. The fraction of sp³-hybridized carbons (Fsp3) is 0.708. The first kappa shape index (κ1) is 20.8. The third-order valence-corrected chi connectivity index (χ3v) is 7.24. The number of fused-ring (bicyclic) bond motifs is 1. The van der Waals surface area contributed by atoms with E-state index in [1.54, 1.807) is 0 Å². The van der Waals surface area contributed by atoms with Crippen molar-refractivity contribution in [2.45, 2.75) is 70.0 Å². The Morgan fingerprint density at radius 2 is 1.69 bits per heavy atom. The van der Waals surface area contributed by atoms with Crippen LogP contribution in [0.5, 0.6) is 0 Å². The molecule has 1 unspecified atom stereocenters. The highest BCUT2D eigenvalue weighted by Crippen LogP contribution is 2.30. The molecule has 1 atom stereocenters. The normalized spacial score (nSPS) is 25.1. The lowest BCUT2D eigenvalue weighted by molar-refractivity contribution is -0.129. The molecule has 160 valence electrons. The van der Waals surface area contributed by atoms with Gasteiger partial charge in [-0.05, 0) is 83.1 Å². The van der Waals surface area contributed by atoms with Crippen molar-refractivity contribution in [3.8, 4) is 0 Å². The first-order valence-electron chi connectivity index (χ1n) is 11.4. The van der Waals surface area contributed by atoms with Gasteiger partial charge in [0.1, 0.15) is 0 Å². The summed E-state index contributed by atoms with van der Waals surface area (Å²) < 4.78 is 0. The number of nitrogens with one attached hydrogen (secondary N) is 1. The number of likely N-dealkylation sites (tertiary alicyclic amines) is 2. The lowest BCUT2D eigenvalue weighted by atomic mass is 9.92. The van der Waals surface area contributed by atoms with Gasteiger partial charge in [-0.2, -0.15) is 0 Å². The molecule has 2 saturated heterocycles. The molecule has 4 rings (SSSR count). The molecule has 5 nitrogen and oxygen atoms in total. The molecule has 29 heavy (non-hydrogen) atoms. The van der Waals surface area contributed by atoms with Crippen LogP contribution in [0.15, 0.2) is 24.3 Å². The Morgan fingerprint density at radius 1 is 1.03 bits per heavy atom. The van der Waals surface area contributed by atoms with Crippen LogP contribution in [-0.2, 0) is 17.6 Å². The number of hydrogen-bond donors (Lipinski definition) is 2. The van der Waals surface area contributed by atoms with Crippen LogP contribution in [0.1, 0.15) is 50.7 Å². The van der Waals surface area contributed by atoms with Crippen molar-refractivity contribution >= 4 is 5.91 Å². The van der Waals surface area contributed by atoms with Crippen LogP contribution in [0.2, 0.25) is 0 Å². The highest BCUT2D eigenvalue weighted by atomic mass is 16.3. The zero-order valence-electron chi connectivity index (χ0n) is 18.1. The van der Waals surface area contributed by atoms with Gasteiger partial charge in [0.2, 0.25) is 5.91 Å². The average Bonchev–Trinajstić information content (AvgIpc) is 3.18. The number of piperidine rings is 2. The van der Waals surface area contributed by atoms with E-state index >= 15 is 0 Å². The predicted octanol–water partition coefficient (Wildman–Crippen LogP) is 2.22. The number of benzene rings is 1. The SMILES string of the molecule is CC(C)(CO)NC(=O)C1CCCN(C2CCN(C3Cc4ccccc4C3)CC2)C1. The van der Waals surface area contributed by atoms with Gasteiger partial charge in [0.05, 0.1) is 18.1 Å². The van der Waals surface area contributed by atoms with E-state index in [0.717, 1.165) is 25.9 Å². The van der Waals surface area contributed by atoms with Gasteiger partial charge in [0.15, 0.2) is 0 Å². The fourth-order valence-electron chi connectivity index (χ4n) is 5.44. The summed E-state index contributed by atoms with van der Waals surface area (Å²) in [6.45, 7) is 8.06. The van der Waals surface area contributed by atoms with Crippen LogP contribution in [0.25, 0.3) is 0 Å². The molecule has 0 bridgehead atoms. The van der Waals surface area contributed by atoms with Gasteiger partial charge in [-0.1, -0.05) is 24.3 Å². The lowest BCUT2D eigenvalue weighted by Gasteiger charge is -2.43. The lowest BCUT2D eigenvalue weighted by Crippen LogP contribution is -2.54. The second-order valence-corrected chi connectivity index (χ2v) is 9.96. The van der Waals surface area contributed by atoms with E-state index in [0.29, 0.717) is 12.1 Å². The van der Waals surface area contributed by atoms with Crippen LogP contribution < -0.4 is 5.32 Å². The van der Waals surface area contributed by atoms with E-state index < -0.39 is 5.54 Å². The molecule has 0 aromatic heterocycles. The van der Waals surface area contributed by atoms with Gasteiger partial charge >= 0.3 is 0 Å². The maximum Gasteiger partial charge on any atom is 0.224 e. The predicted molar refractivity (Wildman–Crippen MR) is 116 cm³/mol. The van der Waals surface area contributed by atoms with E-state index in [4.69, 9.17) is 0 Å². The summed E-state index contributed by atoms with van der Waals surface area (Å²) >= 11 is 0. The van der Waals surface area contributed by atoms with Crippen molar-refractivity contribution in [1.29, 1.82) is 0 Å². The standard InChI is InChI=1S/C24H37N3O2/c1-24(2,17-28)25-23(29)20-8-5-11-27(16-20)21-9-12-26(13-10-21)22-14-18-6-3-4-7-19(18)15-22/h3-4,6-7,20-22,28H,5,8-17H2,1-2H3,(H,25,29). The van der Waals surface area contributed by atoms with Crippen LogP contribution >= 0.6 is 0 Å². The van der Waals surface area contributed by atoms with Crippen molar-refractivity contribution in [3.05, 3.63) is 35.4 Å². The molecular weight excluding hydrogens is 362 g/mol. The molecule has 2 N–H and O–H groups in total. The van der Waals surface area contributed by atoms with Crippen LogP contribution in [-0.4, -0.2) is 71.2 Å². The zero-order chi connectivity index (χ0) is 20.4. The smallest absolute Gasteiger partial charge is 0.224 e. The summed E-state index contributed by atoms with van der Waals surface area (Å²) in [6.07, 6.45) is 6.88. The van der Waals surface area contributed by atoms with E-state index in [9.17, 15) is 9.90 Å². The molecule has 1 aromatic rings. The van der Waals surface area contributed by atoms with Crippen molar-refractivity contribution in [3.63, 3.8) is 0 Å². The molecule has 0 radical (unpaired) electrons. The third-order valence-electron chi connectivity index (χ3n) is 7.24. The van der Waals surface area contributed by atoms with Gasteiger partial charge in [-0.25, -0.2) is 0 Å². The molecule has 1 amide bonds. The van der Waals surface area contributed by atoms with Gasteiger partial charge in [0, 0.05) is 18.6 Å². The quantitative estimate of drug-likeness (QED) is 0.797. The minimum atomic E-state index is -0.538. The van der Waals surface area contributed by atoms with E-state index in [2.05, 4.69) is 39.4 Å². The summed E-state index contributed by atoms with van der Waals surface area (Å²) in [5.74, 6) is 0.159. The fourth-order valence-corrected chi connectivity index (χ4v) is 5.44. The minimum Gasteiger partial charge on any atom is -0.394 e. The molecule has 0 saturated carbocycles. The van der Waals surface area contributed by atoms with Gasteiger partial charge < -0.3 is 10.4 Å². The Labute approximate surface area is 175 Å². The number of aliphatic hydroxyl groups excluding tert-OH is 1. The summed E-state index contributed by atoms with van der Waals surface area (Å²) in [6, 6.07) is 10.2. The third kappa shape index (κ3) is 4.84. The minimum absolute atomic E-state index is 0.0291. The second-order valence-electron chi connectivity index (χ2n) is 9.96.